The van der Waals surface area contributed by atoms with Gasteiger partial charge in [0.1, 0.15) is 10.7 Å². The second-order valence-electron chi connectivity index (χ2n) is 3.12. The molecule has 0 aromatic heterocycles. The second-order valence-corrected chi connectivity index (χ2v) is 4.10. The van der Waals surface area contributed by atoms with Gasteiger partial charge in [-0.3, -0.25) is 0 Å². The Balaban J connectivity index is 2.49. The van der Waals surface area contributed by atoms with Crippen LogP contribution in [0.4, 0.5) is 0 Å². The first-order chi connectivity index (χ1) is 7.24. The summed E-state index contributed by atoms with van der Waals surface area (Å²) in [6.45, 7) is 0. The van der Waals surface area contributed by atoms with Crippen LogP contribution in [0.5, 0.6) is 0 Å². The molecule has 0 bridgehead atoms. The largest absolute Gasteiger partial charge is 0.506 e. The molecule has 3 nitrogen and oxygen atoms in total. The number of hydrogen-bond acceptors (Lipinski definition) is 4. The van der Waals surface area contributed by atoms with Crippen molar-refractivity contribution in [2.45, 2.75) is 5.75 Å². The topological polar surface area (TPSA) is 46.5 Å². The number of aliphatic hydroxyl groups is 1. The summed E-state index contributed by atoms with van der Waals surface area (Å²) < 4.78 is 4.60. The molecule has 1 aromatic rings. The van der Waals surface area contributed by atoms with Gasteiger partial charge in [0.05, 0.1) is 7.11 Å². The molecular weight excluding hydrogens is 212 g/mol. The lowest BCUT2D eigenvalue weighted by molar-refractivity contribution is -0.135. The molecular formula is C11H10O3S. The SMILES string of the molecule is COC(=O)C1=C(O)c2ccccc2CS1. The van der Waals surface area contributed by atoms with Gasteiger partial charge < -0.3 is 9.84 Å². The lowest BCUT2D eigenvalue weighted by atomic mass is 10.1. The molecule has 0 atom stereocenters. The van der Waals surface area contributed by atoms with Gasteiger partial charge in [0.2, 0.25) is 0 Å². The van der Waals surface area contributed by atoms with E-state index in [0.29, 0.717) is 5.75 Å². The van der Waals surface area contributed by atoms with Gasteiger partial charge in [-0.1, -0.05) is 24.3 Å². The van der Waals surface area contributed by atoms with Gasteiger partial charge in [-0.05, 0) is 5.56 Å². The molecule has 0 saturated carbocycles. The van der Waals surface area contributed by atoms with E-state index in [1.165, 1.54) is 18.9 Å². The molecule has 2 rings (SSSR count). The standard InChI is InChI=1S/C11H10O3S/c1-14-11(13)10-9(12)8-5-3-2-4-7(8)6-15-10/h2-5,12H,6H2,1H3. The van der Waals surface area contributed by atoms with E-state index in [0.717, 1.165) is 11.1 Å². The molecule has 0 fully saturated rings. The summed E-state index contributed by atoms with van der Waals surface area (Å²) in [6.07, 6.45) is 0. The van der Waals surface area contributed by atoms with Crippen molar-refractivity contribution in [3.05, 3.63) is 40.3 Å². The van der Waals surface area contributed by atoms with Crippen molar-refractivity contribution in [3.8, 4) is 0 Å². The summed E-state index contributed by atoms with van der Waals surface area (Å²) in [5, 5.41) is 9.88. The number of rotatable bonds is 1. The smallest absolute Gasteiger partial charge is 0.348 e. The van der Waals surface area contributed by atoms with E-state index in [4.69, 9.17) is 0 Å². The zero-order chi connectivity index (χ0) is 10.8. The number of esters is 1. The number of benzene rings is 1. The van der Waals surface area contributed by atoms with Gasteiger partial charge in [0, 0.05) is 11.3 Å². The van der Waals surface area contributed by atoms with Crippen molar-refractivity contribution in [2.24, 2.45) is 0 Å². The summed E-state index contributed by atoms with van der Waals surface area (Å²) >= 11 is 1.30. The maximum Gasteiger partial charge on any atom is 0.348 e. The molecule has 0 aliphatic carbocycles. The van der Waals surface area contributed by atoms with Gasteiger partial charge in [0.15, 0.2) is 0 Å². The van der Waals surface area contributed by atoms with Crippen LogP contribution in [0.25, 0.3) is 5.76 Å². The number of methoxy groups -OCH3 is 1. The molecule has 1 N–H and O–H groups in total. The van der Waals surface area contributed by atoms with Crippen molar-refractivity contribution >= 4 is 23.5 Å². The molecule has 4 heteroatoms. The average Bonchev–Trinajstić information content (AvgIpc) is 2.29. The van der Waals surface area contributed by atoms with E-state index in [1.807, 2.05) is 18.2 Å². The molecule has 1 aromatic carbocycles. The van der Waals surface area contributed by atoms with E-state index in [-0.39, 0.29) is 10.7 Å². The number of carbonyl (C=O) groups excluding carboxylic acids is 1. The minimum atomic E-state index is -0.480. The number of carbonyl (C=O) groups is 1. The highest BCUT2D eigenvalue weighted by molar-refractivity contribution is 8.03. The van der Waals surface area contributed by atoms with Crippen molar-refractivity contribution in [1.82, 2.24) is 0 Å². The Morgan fingerprint density at radius 2 is 2.20 bits per heavy atom. The third kappa shape index (κ3) is 1.72. The van der Waals surface area contributed by atoms with Crippen LogP contribution < -0.4 is 0 Å². The van der Waals surface area contributed by atoms with Crippen LogP contribution in [0.1, 0.15) is 11.1 Å². The van der Waals surface area contributed by atoms with Crippen molar-refractivity contribution in [3.63, 3.8) is 0 Å². The number of ether oxygens (including phenoxy) is 1. The Hall–Kier alpha value is -1.42. The van der Waals surface area contributed by atoms with E-state index in [1.54, 1.807) is 6.07 Å². The predicted octanol–water partition coefficient (Wildman–Crippen LogP) is 2.33. The molecule has 0 amide bonds. The van der Waals surface area contributed by atoms with Crippen LogP contribution in [0.3, 0.4) is 0 Å². The fourth-order valence-electron chi connectivity index (χ4n) is 1.47. The summed E-state index contributed by atoms with van der Waals surface area (Å²) in [4.78, 5) is 11.6. The number of aliphatic hydroxyl groups excluding tert-OH is 1. The summed E-state index contributed by atoms with van der Waals surface area (Å²) in [5.41, 5.74) is 1.75. The van der Waals surface area contributed by atoms with Crippen LogP contribution in [0, 0.1) is 0 Å². The number of hydrogen-bond donors (Lipinski definition) is 1. The highest BCUT2D eigenvalue weighted by Gasteiger charge is 2.24. The lowest BCUT2D eigenvalue weighted by Crippen LogP contribution is -2.09. The minimum absolute atomic E-state index is 0.0219. The second kappa shape index (κ2) is 3.98. The highest BCUT2D eigenvalue weighted by atomic mass is 32.2. The first-order valence-corrected chi connectivity index (χ1v) is 5.45. The van der Waals surface area contributed by atoms with E-state index >= 15 is 0 Å². The highest BCUT2D eigenvalue weighted by Crippen LogP contribution is 2.36. The van der Waals surface area contributed by atoms with Crippen LogP contribution in [0.2, 0.25) is 0 Å². The van der Waals surface area contributed by atoms with E-state index in [2.05, 4.69) is 4.74 Å². The molecule has 0 radical (unpaired) electrons. The minimum Gasteiger partial charge on any atom is -0.506 e. The van der Waals surface area contributed by atoms with Crippen LogP contribution >= 0.6 is 11.8 Å². The van der Waals surface area contributed by atoms with Crippen LogP contribution in [-0.2, 0) is 15.3 Å². The van der Waals surface area contributed by atoms with Crippen molar-refractivity contribution in [2.75, 3.05) is 7.11 Å². The van der Waals surface area contributed by atoms with E-state index < -0.39 is 5.97 Å². The Kier molecular flexibility index (Phi) is 2.68. The molecule has 1 aliphatic heterocycles. The Morgan fingerprint density at radius 1 is 1.47 bits per heavy atom. The Labute approximate surface area is 91.8 Å². The van der Waals surface area contributed by atoms with Crippen molar-refractivity contribution < 1.29 is 14.6 Å². The quantitative estimate of drug-likeness (QED) is 0.741. The van der Waals surface area contributed by atoms with Crippen LogP contribution in [-0.4, -0.2) is 18.2 Å². The van der Waals surface area contributed by atoms with Crippen LogP contribution in [0.15, 0.2) is 29.2 Å². The van der Waals surface area contributed by atoms with Gasteiger partial charge >= 0.3 is 5.97 Å². The first kappa shape index (κ1) is 10.1. The lowest BCUT2D eigenvalue weighted by Gasteiger charge is -2.17. The Bertz CT molecular complexity index is 437. The fourth-order valence-corrected chi connectivity index (χ4v) is 2.47. The zero-order valence-corrected chi connectivity index (χ0v) is 9.00. The molecule has 0 spiro atoms. The molecule has 15 heavy (non-hydrogen) atoms. The predicted molar refractivity (Wildman–Crippen MR) is 59.3 cm³/mol. The van der Waals surface area contributed by atoms with E-state index in [9.17, 15) is 9.90 Å². The molecule has 78 valence electrons. The molecule has 0 saturated heterocycles. The maximum atomic E-state index is 11.3. The van der Waals surface area contributed by atoms with Gasteiger partial charge in [-0.2, -0.15) is 0 Å². The summed E-state index contributed by atoms with van der Waals surface area (Å²) in [7, 11) is 1.31. The third-order valence-corrected chi connectivity index (χ3v) is 3.33. The zero-order valence-electron chi connectivity index (χ0n) is 8.19. The third-order valence-electron chi connectivity index (χ3n) is 2.23. The normalized spacial score (nSPS) is 14.7. The summed E-state index contributed by atoms with van der Waals surface area (Å²) in [6, 6.07) is 7.48. The maximum absolute atomic E-state index is 11.3. The Morgan fingerprint density at radius 3 is 2.93 bits per heavy atom. The number of thioether (sulfide) groups is 1. The molecule has 1 aliphatic rings. The number of fused-ring (bicyclic) bond motifs is 1. The van der Waals surface area contributed by atoms with Gasteiger partial charge in [-0.15, -0.1) is 11.8 Å². The van der Waals surface area contributed by atoms with Gasteiger partial charge in [-0.25, -0.2) is 4.79 Å². The molecule has 1 heterocycles. The van der Waals surface area contributed by atoms with Crippen molar-refractivity contribution in [1.29, 1.82) is 0 Å². The van der Waals surface area contributed by atoms with Gasteiger partial charge in [0.25, 0.3) is 0 Å². The fraction of sp³-hybridized carbons (Fsp3) is 0.182. The first-order valence-electron chi connectivity index (χ1n) is 4.46. The summed E-state index contributed by atoms with van der Waals surface area (Å²) in [5.74, 6) is 0.228. The average molecular weight is 222 g/mol. The molecule has 0 unspecified atom stereocenters. The monoisotopic (exact) mass is 222 g/mol.